The van der Waals surface area contributed by atoms with Gasteiger partial charge in [-0.15, -0.1) is 0 Å². The maximum absolute atomic E-state index is 11.2. The Hall–Kier alpha value is -0.000000000000000111. The monoisotopic (exact) mass is 263 g/mol. The van der Waals surface area contributed by atoms with E-state index in [2.05, 4.69) is 5.32 Å². The summed E-state index contributed by atoms with van der Waals surface area (Å²) in [5.41, 5.74) is 0. The first-order chi connectivity index (χ1) is 7.52. The lowest BCUT2D eigenvalue weighted by Crippen LogP contribution is -2.34. The van der Waals surface area contributed by atoms with E-state index in [4.69, 9.17) is 0 Å². The Morgan fingerprint density at radius 3 is 2.06 bits per heavy atom. The van der Waals surface area contributed by atoms with Gasteiger partial charge in [0.15, 0.2) is 0 Å². The zero-order chi connectivity index (χ0) is 12.6. The highest BCUT2D eigenvalue weighted by atomic mass is 33.1. The van der Waals surface area contributed by atoms with Crippen molar-refractivity contribution in [2.75, 3.05) is 18.6 Å². The molecule has 0 rings (SSSR count). The summed E-state index contributed by atoms with van der Waals surface area (Å²) in [7, 11) is 5.13. The van der Waals surface area contributed by atoms with Crippen molar-refractivity contribution in [3.8, 4) is 0 Å². The zero-order valence-electron chi connectivity index (χ0n) is 10.4. The predicted molar refractivity (Wildman–Crippen MR) is 72.9 cm³/mol. The molecule has 0 fully saturated rings. The highest BCUT2D eigenvalue weighted by molar-refractivity contribution is 8.76. The lowest BCUT2D eigenvalue weighted by molar-refractivity contribution is -0.120. The second-order valence-electron chi connectivity index (χ2n) is 3.74. The van der Waals surface area contributed by atoms with E-state index < -0.39 is 0 Å². The van der Waals surface area contributed by atoms with E-state index in [0.29, 0.717) is 0 Å². The Kier molecular flexibility index (Phi) is 9.07. The van der Waals surface area contributed by atoms with Crippen molar-refractivity contribution < 1.29 is 9.59 Å². The highest BCUT2D eigenvalue weighted by Crippen LogP contribution is 2.26. The van der Waals surface area contributed by atoms with E-state index in [0.717, 1.165) is 17.9 Å². The second-order valence-corrected chi connectivity index (χ2v) is 6.29. The maximum Gasteiger partial charge on any atom is 0.147 e. The normalized spacial score (nSPS) is 14.5. The van der Waals surface area contributed by atoms with Gasteiger partial charge >= 0.3 is 0 Å². The van der Waals surface area contributed by atoms with Crippen molar-refractivity contribution >= 4 is 33.2 Å². The van der Waals surface area contributed by atoms with Crippen LogP contribution in [0.4, 0.5) is 0 Å². The Morgan fingerprint density at radius 2 is 1.69 bits per heavy atom. The van der Waals surface area contributed by atoms with Gasteiger partial charge in [-0.05, 0) is 27.3 Å². The molecule has 0 aliphatic carbocycles. The van der Waals surface area contributed by atoms with Gasteiger partial charge < -0.3 is 5.32 Å². The number of nitrogens with one attached hydrogen (secondary N) is 1. The Bertz CT molecular complexity index is 210. The minimum absolute atomic E-state index is 0.0742. The van der Waals surface area contributed by atoms with E-state index >= 15 is 0 Å². The van der Waals surface area contributed by atoms with Crippen molar-refractivity contribution in [2.24, 2.45) is 5.92 Å². The van der Waals surface area contributed by atoms with Gasteiger partial charge in [0.05, 0.1) is 6.04 Å². The second kappa shape index (κ2) is 9.07. The molecular weight excluding hydrogens is 242 g/mol. The van der Waals surface area contributed by atoms with Gasteiger partial charge in [-0.25, -0.2) is 0 Å². The lowest BCUT2D eigenvalue weighted by atomic mass is 10.1. The molecule has 16 heavy (non-hydrogen) atoms. The molecule has 0 bridgehead atoms. The highest BCUT2D eigenvalue weighted by Gasteiger charge is 2.14. The van der Waals surface area contributed by atoms with Crippen LogP contribution in [-0.2, 0) is 9.59 Å². The molecule has 0 saturated carbocycles. The fourth-order valence-electron chi connectivity index (χ4n) is 1.17. The quantitative estimate of drug-likeness (QED) is 0.510. The van der Waals surface area contributed by atoms with Crippen molar-refractivity contribution in [3.05, 3.63) is 0 Å². The molecule has 0 aromatic rings. The van der Waals surface area contributed by atoms with Crippen LogP contribution in [0, 0.1) is 5.92 Å². The molecule has 0 saturated heterocycles. The summed E-state index contributed by atoms with van der Waals surface area (Å²) in [6.45, 7) is 5.27. The van der Waals surface area contributed by atoms with Gasteiger partial charge in [-0.2, -0.15) is 0 Å². The van der Waals surface area contributed by atoms with Gasteiger partial charge in [-0.1, -0.05) is 28.5 Å². The molecule has 0 heterocycles. The van der Waals surface area contributed by atoms with Crippen LogP contribution in [-0.4, -0.2) is 36.2 Å². The topological polar surface area (TPSA) is 46.2 Å². The van der Waals surface area contributed by atoms with Crippen LogP contribution in [0.2, 0.25) is 0 Å². The van der Waals surface area contributed by atoms with E-state index in [9.17, 15) is 9.59 Å². The van der Waals surface area contributed by atoms with Crippen LogP contribution >= 0.6 is 21.6 Å². The van der Waals surface area contributed by atoms with Gasteiger partial charge in [-0.3, -0.25) is 9.59 Å². The van der Waals surface area contributed by atoms with Crippen LogP contribution in [0.1, 0.15) is 27.2 Å². The molecular formula is C11H21NO2S2. The number of hydrogen-bond acceptors (Lipinski definition) is 5. The first-order valence-electron chi connectivity index (χ1n) is 5.45. The van der Waals surface area contributed by atoms with E-state index in [1.54, 1.807) is 42.5 Å². The van der Waals surface area contributed by atoms with E-state index in [1.807, 2.05) is 6.92 Å². The smallest absolute Gasteiger partial charge is 0.147 e. The Balaban J connectivity index is 3.73. The molecule has 0 aliphatic heterocycles. The fourth-order valence-corrected chi connectivity index (χ4v) is 4.02. The Morgan fingerprint density at radius 1 is 1.12 bits per heavy atom. The van der Waals surface area contributed by atoms with Crippen LogP contribution in [0.15, 0.2) is 0 Å². The summed E-state index contributed by atoms with van der Waals surface area (Å²) in [6, 6.07) is -0.0742. The fraction of sp³-hybridized carbons (Fsp3) is 0.818. The molecule has 0 amide bonds. The average molecular weight is 263 g/mol. The van der Waals surface area contributed by atoms with Crippen molar-refractivity contribution in [2.45, 2.75) is 33.2 Å². The van der Waals surface area contributed by atoms with Crippen LogP contribution < -0.4 is 5.32 Å². The SMILES string of the molecule is CC[C@@H](CSSC[C@H](NC)C(C)=O)C(C)=O. The minimum atomic E-state index is -0.0742. The molecule has 0 spiro atoms. The standard InChI is InChI=1S/C11H21NO2S2/c1-5-10(8(2)13)6-15-16-7-11(12-4)9(3)14/h10-12H,5-7H2,1-4H3/t10-,11-/m0/s1. The molecule has 1 N–H and O–H groups in total. The summed E-state index contributed by atoms with van der Waals surface area (Å²) in [6.07, 6.45) is 0.894. The van der Waals surface area contributed by atoms with Gasteiger partial charge in [0.25, 0.3) is 0 Å². The van der Waals surface area contributed by atoms with Crippen LogP contribution in [0.5, 0.6) is 0 Å². The largest absolute Gasteiger partial charge is 0.310 e. The number of likely N-dealkylation sites (N-methyl/N-ethyl adjacent to an activating group) is 1. The summed E-state index contributed by atoms with van der Waals surface area (Å²) < 4.78 is 0. The van der Waals surface area contributed by atoms with E-state index in [1.165, 1.54) is 0 Å². The molecule has 2 atom stereocenters. The number of carbonyl (C=O) groups excluding carboxylic acids is 2. The molecule has 3 nitrogen and oxygen atoms in total. The molecule has 0 aliphatic rings. The van der Waals surface area contributed by atoms with Gasteiger partial charge in [0.1, 0.15) is 11.6 Å². The number of rotatable bonds is 9. The molecule has 0 aromatic heterocycles. The van der Waals surface area contributed by atoms with Gasteiger partial charge in [0, 0.05) is 17.4 Å². The van der Waals surface area contributed by atoms with Gasteiger partial charge in [0.2, 0.25) is 0 Å². The van der Waals surface area contributed by atoms with Crippen molar-refractivity contribution in [3.63, 3.8) is 0 Å². The molecule has 0 radical (unpaired) electrons. The van der Waals surface area contributed by atoms with E-state index in [-0.39, 0.29) is 23.5 Å². The summed E-state index contributed by atoms with van der Waals surface area (Å²) in [5, 5.41) is 2.98. The first kappa shape index (κ1) is 16.0. The van der Waals surface area contributed by atoms with Crippen molar-refractivity contribution in [1.29, 1.82) is 0 Å². The Labute approximate surface area is 106 Å². The summed E-state index contributed by atoms with van der Waals surface area (Å²) in [4.78, 5) is 22.3. The third-order valence-electron chi connectivity index (χ3n) is 2.49. The average Bonchev–Trinajstić information content (AvgIpc) is 2.22. The number of carbonyl (C=O) groups is 2. The molecule has 0 aromatic carbocycles. The predicted octanol–water partition coefficient (Wildman–Crippen LogP) is 2.16. The summed E-state index contributed by atoms with van der Waals surface area (Å²) in [5.74, 6) is 2.17. The summed E-state index contributed by atoms with van der Waals surface area (Å²) >= 11 is 0. The number of hydrogen-bond donors (Lipinski definition) is 1. The first-order valence-corrected chi connectivity index (χ1v) is 7.94. The lowest BCUT2D eigenvalue weighted by Gasteiger charge is -2.13. The minimum Gasteiger partial charge on any atom is -0.310 e. The third-order valence-corrected chi connectivity index (χ3v) is 4.99. The number of ketones is 2. The maximum atomic E-state index is 11.2. The zero-order valence-corrected chi connectivity index (χ0v) is 12.0. The molecule has 5 heteroatoms. The van der Waals surface area contributed by atoms with Crippen molar-refractivity contribution in [1.82, 2.24) is 5.32 Å². The third kappa shape index (κ3) is 6.55. The van der Waals surface area contributed by atoms with Crippen LogP contribution in [0.3, 0.4) is 0 Å². The number of Topliss-reactive ketones (excluding diaryl/α,β-unsaturated/α-hetero) is 2. The molecule has 0 unspecified atom stereocenters. The molecule has 94 valence electrons. The van der Waals surface area contributed by atoms with Crippen LogP contribution in [0.25, 0.3) is 0 Å².